The molecule has 1 aromatic carbocycles. The number of carbonyl (C=O) groups is 1. The summed E-state index contributed by atoms with van der Waals surface area (Å²) in [5, 5.41) is 12.9. The van der Waals surface area contributed by atoms with Gasteiger partial charge in [-0.1, -0.05) is 11.6 Å². The van der Waals surface area contributed by atoms with E-state index in [1.165, 1.54) is 0 Å². The van der Waals surface area contributed by atoms with Crippen LogP contribution < -0.4 is 10.1 Å². The molecule has 1 aliphatic heterocycles. The van der Waals surface area contributed by atoms with Crippen LogP contribution in [0.25, 0.3) is 0 Å². The van der Waals surface area contributed by atoms with Crippen LogP contribution >= 0.6 is 11.6 Å². The molecule has 0 saturated carbocycles. The molecule has 0 aromatic heterocycles. The molecule has 0 radical (unpaired) electrons. The van der Waals surface area contributed by atoms with Gasteiger partial charge in [0.15, 0.2) is 6.61 Å². The fourth-order valence-electron chi connectivity index (χ4n) is 2.26. The Morgan fingerprint density at radius 1 is 1.45 bits per heavy atom. The first-order chi connectivity index (χ1) is 9.70. The molecule has 1 aromatic rings. The van der Waals surface area contributed by atoms with Crippen LogP contribution in [-0.2, 0) is 4.79 Å². The lowest BCUT2D eigenvalue weighted by Gasteiger charge is -2.36. The zero-order valence-corrected chi connectivity index (χ0v) is 12.0. The molecule has 2 rings (SSSR count). The van der Waals surface area contributed by atoms with Gasteiger partial charge in [-0.05, 0) is 30.7 Å². The van der Waals surface area contributed by atoms with E-state index in [4.69, 9.17) is 21.4 Å². The first-order valence-corrected chi connectivity index (χ1v) is 7.08. The van der Waals surface area contributed by atoms with Crippen LogP contribution in [0.15, 0.2) is 24.3 Å². The van der Waals surface area contributed by atoms with Crippen LogP contribution in [0, 0.1) is 0 Å². The van der Waals surface area contributed by atoms with E-state index in [0.717, 1.165) is 6.54 Å². The number of nitrogens with zero attached hydrogens (tertiary/aromatic N) is 1. The van der Waals surface area contributed by atoms with Gasteiger partial charge in [0.05, 0.1) is 0 Å². The van der Waals surface area contributed by atoms with Crippen molar-refractivity contribution in [3.63, 3.8) is 0 Å². The average Bonchev–Trinajstić information content (AvgIpc) is 2.47. The minimum Gasteiger partial charge on any atom is -0.484 e. The lowest BCUT2D eigenvalue weighted by molar-refractivity contribution is -0.136. The summed E-state index contributed by atoms with van der Waals surface area (Å²) in [5.74, 6) is 0.566. The number of ether oxygens (including phenoxy) is 1. The molecule has 0 bridgehead atoms. The Morgan fingerprint density at radius 2 is 2.20 bits per heavy atom. The second-order valence-electron chi connectivity index (χ2n) is 4.70. The fourth-order valence-corrected chi connectivity index (χ4v) is 2.38. The van der Waals surface area contributed by atoms with Gasteiger partial charge in [0, 0.05) is 37.3 Å². The molecule has 6 heteroatoms. The van der Waals surface area contributed by atoms with E-state index in [2.05, 4.69) is 5.32 Å². The molecule has 1 saturated heterocycles. The topological polar surface area (TPSA) is 61.8 Å². The molecule has 0 aliphatic carbocycles. The van der Waals surface area contributed by atoms with Gasteiger partial charge in [0.25, 0.3) is 5.91 Å². The van der Waals surface area contributed by atoms with Gasteiger partial charge in [-0.2, -0.15) is 0 Å². The molecule has 5 nitrogen and oxygen atoms in total. The minimum atomic E-state index is -0.0556. The van der Waals surface area contributed by atoms with Gasteiger partial charge < -0.3 is 20.1 Å². The standard InChI is InChI=1S/C14H19ClN2O3/c15-11-1-3-13(4-2-11)20-10-14(19)17-7-6-16-9-12(17)5-8-18/h1-4,12,16,18H,5-10H2. The summed E-state index contributed by atoms with van der Waals surface area (Å²) in [6, 6.07) is 6.95. The van der Waals surface area contributed by atoms with Gasteiger partial charge >= 0.3 is 0 Å². The molecule has 1 unspecified atom stereocenters. The highest BCUT2D eigenvalue weighted by molar-refractivity contribution is 6.30. The van der Waals surface area contributed by atoms with Crippen molar-refractivity contribution in [2.45, 2.75) is 12.5 Å². The monoisotopic (exact) mass is 298 g/mol. The zero-order valence-electron chi connectivity index (χ0n) is 11.2. The van der Waals surface area contributed by atoms with Crippen molar-refractivity contribution in [3.05, 3.63) is 29.3 Å². The molecule has 1 atom stereocenters. The molecular weight excluding hydrogens is 280 g/mol. The quantitative estimate of drug-likeness (QED) is 0.848. The number of rotatable bonds is 5. The van der Waals surface area contributed by atoms with Gasteiger partial charge in [-0.3, -0.25) is 4.79 Å². The summed E-state index contributed by atoms with van der Waals surface area (Å²) in [6.45, 7) is 2.22. The third-order valence-electron chi connectivity index (χ3n) is 3.31. The van der Waals surface area contributed by atoms with Crippen LogP contribution in [-0.4, -0.2) is 54.8 Å². The number of nitrogens with one attached hydrogen (secondary N) is 1. The molecule has 0 spiro atoms. The molecule has 1 heterocycles. The normalized spacial score (nSPS) is 18.9. The largest absolute Gasteiger partial charge is 0.484 e. The van der Waals surface area contributed by atoms with Crippen LogP contribution in [0.3, 0.4) is 0 Å². The van der Waals surface area contributed by atoms with Gasteiger partial charge in [0.1, 0.15) is 5.75 Å². The maximum absolute atomic E-state index is 12.2. The number of halogens is 1. The van der Waals surface area contributed by atoms with Crippen molar-refractivity contribution in [2.75, 3.05) is 32.8 Å². The molecular formula is C14H19ClN2O3. The fraction of sp³-hybridized carbons (Fsp3) is 0.500. The Kier molecular flexibility index (Phi) is 5.64. The predicted octanol–water partition coefficient (Wildman–Crippen LogP) is 0.902. The highest BCUT2D eigenvalue weighted by Gasteiger charge is 2.26. The van der Waals surface area contributed by atoms with E-state index >= 15 is 0 Å². The molecule has 2 N–H and O–H groups in total. The summed E-state index contributed by atoms with van der Waals surface area (Å²) in [6.07, 6.45) is 0.583. The van der Waals surface area contributed by atoms with E-state index in [-0.39, 0.29) is 25.2 Å². The Hall–Kier alpha value is -1.30. The van der Waals surface area contributed by atoms with Crippen molar-refractivity contribution in [3.8, 4) is 5.75 Å². The van der Waals surface area contributed by atoms with E-state index in [0.29, 0.717) is 30.3 Å². The SMILES string of the molecule is O=C(COc1ccc(Cl)cc1)N1CCNCC1CCO. The molecule has 1 amide bonds. The summed E-state index contributed by atoms with van der Waals surface area (Å²) < 4.78 is 5.47. The van der Waals surface area contributed by atoms with Crippen LogP contribution in [0.5, 0.6) is 5.75 Å². The van der Waals surface area contributed by atoms with Crippen molar-refractivity contribution in [1.29, 1.82) is 0 Å². The summed E-state index contributed by atoms with van der Waals surface area (Å²) in [4.78, 5) is 14.0. The predicted molar refractivity (Wildman–Crippen MR) is 77.0 cm³/mol. The van der Waals surface area contributed by atoms with E-state index < -0.39 is 0 Å². The maximum atomic E-state index is 12.2. The van der Waals surface area contributed by atoms with Crippen LogP contribution in [0.1, 0.15) is 6.42 Å². The van der Waals surface area contributed by atoms with Crippen molar-refractivity contribution in [1.82, 2.24) is 10.2 Å². The van der Waals surface area contributed by atoms with Gasteiger partial charge in [0.2, 0.25) is 0 Å². The van der Waals surface area contributed by atoms with Gasteiger partial charge in [-0.25, -0.2) is 0 Å². The van der Waals surface area contributed by atoms with E-state index in [1.54, 1.807) is 29.2 Å². The Bertz CT molecular complexity index is 437. The highest BCUT2D eigenvalue weighted by atomic mass is 35.5. The number of aliphatic hydroxyl groups excluding tert-OH is 1. The van der Waals surface area contributed by atoms with Crippen LogP contribution in [0.2, 0.25) is 5.02 Å². The summed E-state index contributed by atoms with van der Waals surface area (Å²) in [5.41, 5.74) is 0. The zero-order chi connectivity index (χ0) is 14.4. The van der Waals surface area contributed by atoms with Gasteiger partial charge in [-0.15, -0.1) is 0 Å². The number of hydrogen-bond acceptors (Lipinski definition) is 4. The number of hydrogen-bond donors (Lipinski definition) is 2. The first kappa shape index (κ1) is 15.1. The van der Waals surface area contributed by atoms with Crippen molar-refractivity contribution in [2.24, 2.45) is 0 Å². The summed E-state index contributed by atoms with van der Waals surface area (Å²) >= 11 is 5.79. The molecule has 1 aliphatic rings. The Morgan fingerprint density at radius 3 is 2.90 bits per heavy atom. The van der Waals surface area contributed by atoms with Crippen LogP contribution in [0.4, 0.5) is 0 Å². The maximum Gasteiger partial charge on any atom is 0.260 e. The number of amides is 1. The molecule has 20 heavy (non-hydrogen) atoms. The lowest BCUT2D eigenvalue weighted by Crippen LogP contribution is -2.55. The van der Waals surface area contributed by atoms with Crippen molar-refractivity contribution < 1.29 is 14.6 Å². The third-order valence-corrected chi connectivity index (χ3v) is 3.56. The second kappa shape index (κ2) is 7.47. The number of carbonyl (C=O) groups excluding carboxylic acids is 1. The smallest absolute Gasteiger partial charge is 0.260 e. The molecule has 1 fully saturated rings. The number of aliphatic hydroxyl groups is 1. The average molecular weight is 299 g/mol. The van der Waals surface area contributed by atoms with E-state index in [9.17, 15) is 4.79 Å². The first-order valence-electron chi connectivity index (χ1n) is 6.70. The lowest BCUT2D eigenvalue weighted by atomic mass is 10.1. The van der Waals surface area contributed by atoms with E-state index in [1.807, 2.05) is 0 Å². The minimum absolute atomic E-state index is 0.00353. The Labute approximate surface area is 123 Å². The second-order valence-corrected chi connectivity index (χ2v) is 5.14. The Balaban J connectivity index is 1.88. The third kappa shape index (κ3) is 4.10. The number of piperazine rings is 1. The summed E-state index contributed by atoms with van der Waals surface area (Å²) in [7, 11) is 0. The number of benzene rings is 1. The highest BCUT2D eigenvalue weighted by Crippen LogP contribution is 2.16. The molecule has 110 valence electrons. The van der Waals surface area contributed by atoms with Crippen molar-refractivity contribution >= 4 is 17.5 Å².